The van der Waals surface area contributed by atoms with Crippen LogP contribution in [0.2, 0.25) is 0 Å². The summed E-state index contributed by atoms with van der Waals surface area (Å²) in [6, 6.07) is 3.48. The van der Waals surface area contributed by atoms with Crippen LogP contribution in [0.25, 0.3) is 0 Å². The Morgan fingerprint density at radius 1 is 1.10 bits per heavy atom. The van der Waals surface area contributed by atoms with E-state index in [1.54, 1.807) is 0 Å². The zero-order valence-corrected chi connectivity index (χ0v) is 12.5. The lowest BCUT2D eigenvalue weighted by Gasteiger charge is -2.32. The van der Waals surface area contributed by atoms with Crippen molar-refractivity contribution in [1.82, 2.24) is 0 Å². The summed E-state index contributed by atoms with van der Waals surface area (Å²) in [5, 5.41) is 21.8. The van der Waals surface area contributed by atoms with Crippen molar-refractivity contribution >= 4 is 11.4 Å². The second kappa shape index (κ2) is 7.01. The lowest BCUT2D eigenvalue weighted by molar-refractivity contribution is -0.395. The van der Waals surface area contributed by atoms with E-state index < -0.39 is 15.4 Å². The largest absolute Gasteiger partial charge is 0.480 e. The van der Waals surface area contributed by atoms with Crippen LogP contribution in [0.1, 0.15) is 46.5 Å². The summed E-state index contributed by atoms with van der Waals surface area (Å²) in [5.41, 5.74) is -1.16. The van der Waals surface area contributed by atoms with Crippen LogP contribution in [0.4, 0.5) is 11.4 Å². The number of ether oxygens (including phenoxy) is 1. The molecule has 1 aromatic carbocycles. The highest BCUT2D eigenvalue weighted by Gasteiger charge is 2.31. The molecule has 21 heavy (non-hydrogen) atoms. The van der Waals surface area contributed by atoms with Crippen LogP contribution >= 0.6 is 0 Å². The Kier molecular flexibility index (Phi) is 5.63. The Bertz CT molecular complexity index is 526. The van der Waals surface area contributed by atoms with E-state index in [-0.39, 0.29) is 17.1 Å². The van der Waals surface area contributed by atoms with E-state index in [0.717, 1.165) is 18.9 Å². The van der Waals surface area contributed by atoms with Gasteiger partial charge >= 0.3 is 5.69 Å². The molecule has 1 aromatic rings. The third-order valence-corrected chi connectivity index (χ3v) is 3.67. The Balaban J connectivity index is 3.23. The van der Waals surface area contributed by atoms with Crippen molar-refractivity contribution in [3.63, 3.8) is 0 Å². The smallest absolute Gasteiger partial charge is 0.317 e. The predicted molar refractivity (Wildman–Crippen MR) is 78.6 cm³/mol. The van der Waals surface area contributed by atoms with Crippen molar-refractivity contribution in [2.24, 2.45) is 0 Å². The van der Waals surface area contributed by atoms with Gasteiger partial charge in [0.2, 0.25) is 0 Å². The van der Waals surface area contributed by atoms with Crippen molar-refractivity contribution in [2.45, 2.75) is 52.1 Å². The molecule has 0 saturated heterocycles. The summed E-state index contributed by atoms with van der Waals surface area (Å²) in [7, 11) is 0. The monoisotopic (exact) mass is 296 g/mol. The molecular formula is C14H20N2O5. The summed E-state index contributed by atoms with van der Waals surface area (Å²) >= 11 is 0. The van der Waals surface area contributed by atoms with Crippen LogP contribution in [0.5, 0.6) is 5.75 Å². The molecule has 0 N–H and O–H groups in total. The maximum Gasteiger partial charge on any atom is 0.317 e. The van der Waals surface area contributed by atoms with Gasteiger partial charge in [0.25, 0.3) is 5.69 Å². The number of benzene rings is 1. The first-order valence-electron chi connectivity index (χ1n) is 7.01. The molecule has 0 aliphatic heterocycles. The summed E-state index contributed by atoms with van der Waals surface area (Å²) in [6.45, 7) is 5.96. The van der Waals surface area contributed by atoms with Gasteiger partial charge in [-0.2, -0.15) is 0 Å². The lowest BCUT2D eigenvalue weighted by Crippen LogP contribution is -2.34. The standard InChI is InChI=1S/C14H20N2O5/c1-4-9-14(5-2,6-3)21-13-8-7-11(15(17)18)10-12(13)16(19)20/h7-8,10H,4-6,9H2,1-3H3. The first kappa shape index (κ1) is 16.9. The lowest BCUT2D eigenvalue weighted by atomic mass is 9.91. The van der Waals surface area contributed by atoms with Crippen molar-refractivity contribution in [1.29, 1.82) is 0 Å². The van der Waals surface area contributed by atoms with E-state index in [0.29, 0.717) is 12.8 Å². The van der Waals surface area contributed by atoms with E-state index in [9.17, 15) is 20.2 Å². The topological polar surface area (TPSA) is 95.5 Å². The molecule has 1 rings (SSSR count). The normalized spacial score (nSPS) is 11.2. The molecule has 0 fully saturated rings. The molecule has 0 radical (unpaired) electrons. The third kappa shape index (κ3) is 3.90. The zero-order valence-electron chi connectivity index (χ0n) is 12.5. The van der Waals surface area contributed by atoms with Gasteiger partial charge in [0.05, 0.1) is 15.9 Å². The Morgan fingerprint density at radius 2 is 1.71 bits per heavy atom. The molecule has 0 saturated carbocycles. The van der Waals surface area contributed by atoms with Gasteiger partial charge < -0.3 is 4.74 Å². The van der Waals surface area contributed by atoms with E-state index in [2.05, 4.69) is 0 Å². The highest BCUT2D eigenvalue weighted by Crippen LogP contribution is 2.36. The molecule has 0 bridgehead atoms. The van der Waals surface area contributed by atoms with E-state index in [1.807, 2.05) is 20.8 Å². The minimum atomic E-state index is -0.657. The highest BCUT2D eigenvalue weighted by molar-refractivity contribution is 5.53. The maximum absolute atomic E-state index is 11.1. The molecule has 7 nitrogen and oxygen atoms in total. The van der Waals surface area contributed by atoms with Gasteiger partial charge in [-0.1, -0.05) is 27.2 Å². The average molecular weight is 296 g/mol. The second-order valence-electron chi connectivity index (χ2n) is 4.91. The van der Waals surface area contributed by atoms with Crippen LogP contribution in [0.3, 0.4) is 0 Å². The molecule has 0 aliphatic carbocycles. The molecule has 7 heteroatoms. The van der Waals surface area contributed by atoms with Gasteiger partial charge in [-0.25, -0.2) is 0 Å². The first-order valence-corrected chi connectivity index (χ1v) is 7.01. The van der Waals surface area contributed by atoms with Gasteiger partial charge in [-0.15, -0.1) is 0 Å². The molecule has 0 heterocycles. The van der Waals surface area contributed by atoms with Crippen LogP contribution in [0.15, 0.2) is 18.2 Å². The molecule has 0 amide bonds. The fraction of sp³-hybridized carbons (Fsp3) is 0.571. The van der Waals surface area contributed by atoms with E-state index in [1.165, 1.54) is 12.1 Å². The predicted octanol–water partition coefficient (Wildman–Crippen LogP) is 4.24. The Morgan fingerprint density at radius 3 is 2.14 bits per heavy atom. The highest BCUT2D eigenvalue weighted by atomic mass is 16.6. The van der Waals surface area contributed by atoms with Gasteiger partial charge in [-0.05, 0) is 25.3 Å². The van der Waals surface area contributed by atoms with Gasteiger partial charge in [0, 0.05) is 6.07 Å². The number of hydrogen-bond donors (Lipinski definition) is 0. The number of rotatable bonds is 8. The Hall–Kier alpha value is -2.18. The van der Waals surface area contributed by atoms with E-state index >= 15 is 0 Å². The SMILES string of the molecule is CCCC(CC)(CC)Oc1ccc([N+](=O)[O-])cc1[N+](=O)[O-]. The summed E-state index contributed by atoms with van der Waals surface area (Å²) in [4.78, 5) is 20.5. The number of nitrogens with zero attached hydrogens (tertiary/aromatic N) is 2. The van der Waals surface area contributed by atoms with Crippen molar-refractivity contribution in [3.8, 4) is 5.75 Å². The minimum absolute atomic E-state index is 0.0859. The van der Waals surface area contributed by atoms with Crippen molar-refractivity contribution in [3.05, 3.63) is 38.4 Å². The number of nitro benzene ring substituents is 2. The fourth-order valence-electron chi connectivity index (χ4n) is 2.34. The molecule has 0 aliphatic rings. The minimum Gasteiger partial charge on any atom is -0.480 e. The van der Waals surface area contributed by atoms with Gasteiger partial charge in [-0.3, -0.25) is 20.2 Å². The molecular weight excluding hydrogens is 276 g/mol. The molecule has 0 spiro atoms. The summed E-state index contributed by atoms with van der Waals surface area (Å²) in [6.07, 6.45) is 3.09. The summed E-state index contributed by atoms with van der Waals surface area (Å²) < 4.78 is 5.90. The van der Waals surface area contributed by atoms with E-state index in [4.69, 9.17) is 4.74 Å². The molecule has 0 atom stereocenters. The van der Waals surface area contributed by atoms with Crippen molar-refractivity contribution in [2.75, 3.05) is 0 Å². The zero-order chi connectivity index (χ0) is 16.0. The van der Waals surface area contributed by atoms with Crippen LogP contribution in [0, 0.1) is 20.2 Å². The number of nitro groups is 2. The molecule has 116 valence electrons. The van der Waals surface area contributed by atoms with Gasteiger partial charge in [0.15, 0.2) is 5.75 Å². The van der Waals surface area contributed by atoms with Crippen LogP contribution in [-0.2, 0) is 0 Å². The van der Waals surface area contributed by atoms with Crippen LogP contribution < -0.4 is 4.74 Å². The molecule has 0 aromatic heterocycles. The van der Waals surface area contributed by atoms with Crippen LogP contribution in [-0.4, -0.2) is 15.4 Å². The van der Waals surface area contributed by atoms with Crippen molar-refractivity contribution < 1.29 is 14.6 Å². The number of non-ortho nitro benzene ring substituents is 1. The summed E-state index contributed by atoms with van der Waals surface area (Å²) in [5.74, 6) is 0.0859. The Labute approximate surface area is 123 Å². The molecule has 0 unspecified atom stereocenters. The second-order valence-corrected chi connectivity index (χ2v) is 4.91. The number of hydrogen-bond acceptors (Lipinski definition) is 5. The quantitative estimate of drug-likeness (QED) is 0.528. The average Bonchev–Trinajstić information content (AvgIpc) is 2.46. The van der Waals surface area contributed by atoms with Gasteiger partial charge in [0.1, 0.15) is 5.60 Å². The maximum atomic E-state index is 11.1. The first-order chi connectivity index (χ1) is 9.89. The fourth-order valence-corrected chi connectivity index (χ4v) is 2.34. The third-order valence-electron chi connectivity index (χ3n) is 3.67.